The van der Waals surface area contributed by atoms with Gasteiger partial charge < -0.3 is 16.2 Å². The van der Waals surface area contributed by atoms with E-state index in [-0.39, 0.29) is 5.17 Å². The molecule has 0 saturated carbocycles. The zero-order chi connectivity index (χ0) is 13.3. The van der Waals surface area contributed by atoms with Crippen LogP contribution in [0.15, 0.2) is 30.8 Å². The first-order valence-corrected chi connectivity index (χ1v) is 5.44. The molecule has 92 valence electrons. The maximum absolute atomic E-state index is 9.09. The van der Waals surface area contributed by atoms with Crippen LogP contribution < -0.4 is 11.5 Å². The van der Waals surface area contributed by atoms with Gasteiger partial charge in [-0.15, -0.1) is 0 Å². The van der Waals surface area contributed by atoms with Gasteiger partial charge in [-0.2, -0.15) is 0 Å². The second-order valence-corrected chi connectivity index (χ2v) is 3.69. The van der Waals surface area contributed by atoms with Crippen molar-refractivity contribution in [2.24, 2.45) is 11.5 Å². The van der Waals surface area contributed by atoms with Crippen LogP contribution in [0.5, 0.6) is 0 Å². The van der Waals surface area contributed by atoms with Crippen LogP contribution in [0.25, 0.3) is 6.08 Å². The molecule has 4 N–H and O–H groups in total. The normalized spacial score (nSPS) is 8.53. The van der Waals surface area contributed by atoms with Gasteiger partial charge in [0.05, 0.1) is 0 Å². The Morgan fingerprint density at radius 2 is 2.00 bits per heavy atom. The van der Waals surface area contributed by atoms with Crippen molar-refractivity contribution in [2.45, 2.75) is 6.61 Å². The van der Waals surface area contributed by atoms with Crippen molar-refractivity contribution in [3.63, 3.8) is 0 Å². The lowest BCUT2D eigenvalue weighted by Gasteiger charge is -2.06. The molecule has 1 rings (SSSR count). The first kappa shape index (κ1) is 15.5. The molecule has 1 amide bonds. The number of ether oxygens (including phenoxy) is 1. The molecule has 0 saturated heterocycles. The Bertz CT molecular complexity index is 404. The highest BCUT2D eigenvalue weighted by atomic mass is 32.1. The number of carbonyl (C=O) groups excluding carboxylic acids is 1. The van der Waals surface area contributed by atoms with E-state index >= 15 is 0 Å². The van der Waals surface area contributed by atoms with Crippen LogP contribution in [0.1, 0.15) is 11.1 Å². The average Bonchev–Trinajstić information content (AvgIpc) is 2.26. The summed E-state index contributed by atoms with van der Waals surface area (Å²) in [5.74, 6) is 0. The fourth-order valence-corrected chi connectivity index (χ4v) is 1.07. The third-order valence-electron chi connectivity index (χ3n) is 1.64. The Kier molecular flexibility index (Phi) is 7.83. The molecule has 0 spiro atoms. The molecule has 6 heteroatoms. The minimum Gasteiger partial charge on any atom is -0.466 e. The predicted octanol–water partition coefficient (Wildman–Crippen LogP) is 2.08. The molecule has 0 bridgehead atoms. The highest BCUT2D eigenvalue weighted by molar-refractivity contribution is 7.96. The van der Waals surface area contributed by atoms with E-state index in [1.807, 2.05) is 24.3 Å². The van der Waals surface area contributed by atoms with Crippen LogP contribution in [0.3, 0.4) is 0 Å². The quantitative estimate of drug-likeness (QED) is 0.580. The highest BCUT2D eigenvalue weighted by Gasteiger charge is 1.98. The number of benzene rings is 1. The molecule has 0 aliphatic heterocycles. The fraction of sp³-hybridized carbons (Fsp3) is 0.0909. The second kappa shape index (κ2) is 8.60. The number of thiol groups is 1. The van der Waals surface area contributed by atoms with Crippen molar-refractivity contribution in [1.29, 1.82) is 0 Å². The van der Waals surface area contributed by atoms with E-state index in [4.69, 9.17) is 15.3 Å². The Morgan fingerprint density at radius 1 is 1.47 bits per heavy atom. The third-order valence-corrected chi connectivity index (χ3v) is 1.76. The van der Waals surface area contributed by atoms with Gasteiger partial charge in [-0.25, -0.2) is 0 Å². The van der Waals surface area contributed by atoms with Gasteiger partial charge in [-0.1, -0.05) is 49.5 Å². The van der Waals surface area contributed by atoms with Gasteiger partial charge in [0.25, 0.3) is 10.4 Å². The number of nitrogens with two attached hydrogens (primary N) is 2. The summed E-state index contributed by atoms with van der Waals surface area (Å²) in [6, 6.07) is 7.80. The van der Waals surface area contributed by atoms with Crippen LogP contribution >= 0.6 is 24.8 Å². The standard InChI is InChI=1S/C10H11NOS.CH3NOS/c1-2-8-5-3-4-6-9(8)7-12-10(11)13;2-1(3)4/h2-6H,1,7H2,(H2,11,13);(H3,2,3,4). The summed E-state index contributed by atoms with van der Waals surface area (Å²) in [5.41, 5.74) is 11.6. The summed E-state index contributed by atoms with van der Waals surface area (Å²) >= 11 is 7.71. The smallest absolute Gasteiger partial charge is 0.273 e. The van der Waals surface area contributed by atoms with Gasteiger partial charge in [0.2, 0.25) is 0 Å². The molecule has 1 aromatic carbocycles. The molecule has 17 heavy (non-hydrogen) atoms. The van der Waals surface area contributed by atoms with E-state index in [0.717, 1.165) is 11.1 Å². The lowest BCUT2D eigenvalue weighted by Crippen LogP contribution is -2.12. The maximum atomic E-state index is 9.09. The largest absolute Gasteiger partial charge is 0.466 e. The molecular formula is C11H14N2O2S2. The van der Waals surface area contributed by atoms with Gasteiger partial charge in [0, 0.05) is 0 Å². The summed E-state index contributed by atoms with van der Waals surface area (Å²) in [6.45, 7) is 4.10. The van der Waals surface area contributed by atoms with Gasteiger partial charge in [0.1, 0.15) is 6.61 Å². The minimum atomic E-state index is -0.639. The molecule has 4 nitrogen and oxygen atoms in total. The Labute approximate surface area is 111 Å². The molecule has 0 aliphatic carbocycles. The van der Waals surface area contributed by atoms with E-state index < -0.39 is 5.24 Å². The first-order chi connectivity index (χ1) is 7.97. The molecule has 1 aromatic rings. The molecule has 0 heterocycles. The summed E-state index contributed by atoms with van der Waals surface area (Å²) in [6.07, 6.45) is 1.78. The topological polar surface area (TPSA) is 78.3 Å². The Balaban J connectivity index is 0.000000557. The van der Waals surface area contributed by atoms with E-state index in [1.165, 1.54) is 0 Å². The third kappa shape index (κ3) is 8.29. The van der Waals surface area contributed by atoms with Crippen LogP contribution in [-0.2, 0) is 11.3 Å². The summed E-state index contributed by atoms with van der Waals surface area (Å²) in [7, 11) is 0. The lowest BCUT2D eigenvalue weighted by atomic mass is 10.1. The van der Waals surface area contributed by atoms with Crippen LogP contribution in [0, 0.1) is 0 Å². The number of carbonyl (C=O) groups is 1. The summed E-state index contributed by atoms with van der Waals surface area (Å²) in [5, 5.41) is -0.570. The van der Waals surface area contributed by atoms with Gasteiger partial charge >= 0.3 is 0 Å². The van der Waals surface area contributed by atoms with Crippen molar-refractivity contribution in [3.05, 3.63) is 42.0 Å². The molecule has 0 atom stereocenters. The van der Waals surface area contributed by atoms with Crippen molar-refractivity contribution in [2.75, 3.05) is 0 Å². The average molecular weight is 270 g/mol. The van der Waals surface area contributed by atoms with Crippen LogP contribution in [0.4, 0.5) is 4.79 Å². The molecule has 0 aliphatic rings. The number of amides is 1. The SMILES string of the molecule is C=Cc1ccccc1COC(N)=S.NC(=O)S. The summed E-state index contributed by atoms with van der Waals surface area (Å²) < 4.78 is 5.03. The van der Waals surface area contributed by atoms with Crippen molar-refractivity contribution >= 4 is 41.3 Å². The highest BCUT2D eigenvalue weighted by Crippen LogP contribution is 2.10. The van der Waals surface area contributed by atoms with Gasteiger partial charge in [-0.3, -0.25) is 4.79 Å². The number of primary amides is 1. The number of hydrogen-bond acceptors (Lipinski definition) is 3. The Morgan fingerprint density at radius 3 is 2.47 bits per heavy atom. The van der Waals surface area contributed by atoms with Crippen molar-refractivity contribution in [3.8, 4) is 0 Å². The van der Waals surface area contributed by atoms with E-state index in [2.05, 4.69) is 37.2 Å². The zero-order valence-electron chi connectivity index (χ0n) is 9.13. The molecule has 0 radical (unpaired) electrons. The lowest BCUT2D eigenvalue weighted by molar-refractivity contribution is 0.267. The van der Waals surface area contributed by atoms with E-state index in [0.29, 0.717) is 6.61 Å². The van der Waals surface area contributed by atoms with Crippen LogP contribution in [0.2, 0.25) is 0 Å². The Hall–Kier alpha value is -1.53. The predicted molar refractivity (Wildman–Crippen MR) is 76.7 cm³/mol. The second-order valence-electron chi connectivity index (χ2n) is 2.85. The minimum absolute atomic E-state index is 0.0684. The van der Waals surface area contributed by atoms with Gasteiger partial charge in [0.15, 0.2) is 0 Å². The maximum Gasteiger partial charge on any atom is 0.273 e. The van der Waals surface area contributed by atoms with Crippen LogP contribution in [-0.4, -0.2) is 10.4 Å². The molecule has 0 unspecified atom stereocenters. The van der Waals surface area contributed by atoms with E-state index in [9.17, 15) is 0 Å². The monoisotopic (exact) mass is 270 g/mol. The summed E-state index contributed by atoms with van der Waals surface area (Å²) in [4.78, 5) is 9.09. The van der Waals surface area contributed by atoms with Crippen molar-refractivity contribution < 1.29 is 9.53 Å². The number of rotatable bonds is 3. The molecule has 0 fully saturated rings. The molecule has 0 aromatic heterocycles. The van der Waals surface area contributed by atoms with Gasteiger partial charge in [-0.05, 0) is 23.3 Å². The zero-order valence-corrected chi connectivity index (χ0v) is 10.8. The van der Waals surface area contributed by atoms with E-state index in [1.54, 1.807) is 6.08 Å². The molecular weight excluding hydrogens is 256 g/mol. The van der Waals surface area contributed by atoms with Crippen molar-refractivity contribution in [1.82, 2.24) is 0 Å². The first-order valence-electron chi connectivity index (χ1n) is 4.58. The fourth-order valence-electron chi connectivity index (χ4n) is 1.01. The number of thiocarbonyl (C=S) groups is 1. The number of hydrogen-bond donors (Lipinski definition) is 3.